The van der Waals surface area contributed by atoms with Gasteiger partial charge < -0.3 is 15.2 Å². The first kappa shape index (κ1) is 31.5. The lowest BCUT2D eigenvalue weighted by atomic mass is 10.0. The normalized spacial score (nSPS) is 16.9. The van der Waals surface area contributed by atoms with Crippen molar-refractivity contribution in [1.29, 1.82) is 0 Å². The van der Waals surface area contributed by atoms with Crippen LogP contribution < -0.4 is 19.5 Å². The van der Waals surface area contributed by atoms with Crippen LogP contribution in [0.15, 0.2) is 82.2 Å². The van der Waals surface area contributed by atoms with Crippen molar-refractivity contribution in [3.63, 3.8) is 0 Å². The molecule has 3 aromatic carbocycles. The van der Waals surface area contributed by atoms with E-state index in [9.17, 15) is 31.5 Å². The Morgan fingerprint density at radius 1 is 1.07 bits per heavy atom. The maximum absolute atomic E-state index is 13.2. The van der Waals surface area contributed by atoms with Gasteiger partial charge in [0, 0.05) is 17.1 Å². The van der Waals surface area contributed by atoms with E-state index in [1.54, 1.807) is 48.5 Å². The Hall–Kier alpha value is -3.46. The summed E-state index contributed by atoms with van der Waals surface area (Å²) in [6.45, 7) is 0.636. The summed E-state index contributed by atoms with van der Waals surface area (Å²) in [5, 5.41) is 11.2. The van der Waals surface area contributed by atoms with Gasteiger partial charge in [0.05, 0.1) is 17.9 Å². The number of halogens is 1. The molecular formula is C28H30BrN3O8S2. The number of hydrogen-bond donors (Lipinski definition) is 4. The molecule has 0 aromatic heterocycles. The van der Waals surface area contributed by atoms with E-state index in [0.29, 0.717) is 40.8 Å². The molecule has 4 N–H and O–H groups in total. The lowest BCUT2D eigenvalue weighted by Gasteiger charge is -2.20. The van der Waals surface area contributed by atoms with Crippen LogP contribution in [0.4, 0.5) is 0 Å². The van der Waals surface area contributed by atoms with Crippen molar-refractivity contribution in [2.45, 2.75) is 41.9 Å². The van der Waals surface area contributed by atoms with Crippen LogP contribution in [0.2, 0.25) is 0 Å². The number of phenols is 1. The summed E-state index contributed by atoms with van der Waals surface area (Å²) in [5.41, 5.74) is 0.951. The van der Waals surface area contributed by atoms with Crippen molar-refractivity contribution in [3.05, 3.63) is 88.4 Å². The summed E-state index contributed by atoms with van der Waals surface area (Å²) in [6.07, 6.45) is 0.935. The zero-order valence-corrected chi connectivity index (χ0v) is 25.5. The number of ether oxygens (including phenoxy) is 1. The van der Waals surface area contributed by atoms with Gasteiger partial charge in [-0.1, -0.05) is 52.3 Å². The Morgan fingerprint density at radius 2 is 1.83 bits per heavy atom. The number of carbonyl (C=O) groups is 2. The third kappa shape index (κ3) is 8.31. The number of hydrogen-bond acceptors (Lipinski definition) is 8. The van der Waals surface area contributed by atoms with Crippen LogP contribution >= 0.6 is 15.9 Å². The van der Waals surface area contributed by atoms with Gasteiger partial charge in [0.1, 0.15) is 22.8 Å². The number of phenolic OH excluding ortho intramolecular Hbond substituents is 1. The minimum Gasteiger partial charge on any atom is -0.508 e. The molecule has 1 fully saturated rings. The molecule has 0 aliphatic carbocycles. The number of sulfonamides is 2. The molecule has 0 spiro atoms. The minimum absolute atomic E-state index is 0.00651. The quantitative estimate of drug-likeness (QED) is 0.200. The summed E-state index contributed by atoms with van der Waals surface area (Å²) in [7, 11) is -7.90. The maximum atomic E-state index is 13.2. The highest BCUT2D eigenvalue weighted by atomic mass is 79.9. The van der Waals surface area contributed by atoms with Crippen LogP contribution in [-0.2, 0) is 36.1 Å². The second-order valence-corrected chi connectivity index (χ2v) is 14.1. The third-order valence-corrected chi connectivity index (χ3v) is 10.3. The fourth-order valence-corrected chi connectivity index (χ4v) is 7.91. The van der Waals surface area contributed by atoms with Crippen molar-refractivity contribution in [1.82, 2.24) is 14.8 Å². The molecule has 1 aliphatic heterocycles. The lowest BCUT2D eigenvalue weighted by Crippen LogP contribution is -2.48. The van der Waals surface area contributed by atoms with E-state index in [-0.39, 0.29) is 30.0 Å². The zero-order valence-electron chi connectivity index (χ0n) is 22.3. The van der Waals surface area contributed by atoms with Crippen LogP contribution in [0.5, 0.6) is 11.5 Å². The van der Waals surface area contributed by atoms with Gasteiger partial charge >= 0.3 is 0 Å². The monoisotopic (exact) mass is 679 g/mol. The predicted molar refractivity (Wildman–Crippen MR) is 159 cm³/mol. The molecule has 2 atom stereocenters. The van der Waals surface area contributed by atoms with Gasteiger partial charge in [0.15, 0.2) is 0 Å². The molecule has 0 bridgehead atoms. The molecule has 2 unspecified atom stereocenters. The Balaban J connectivity index is 1.42. The SMILES string of the molecule is O=C1CC(c2ccc(CC(NS(=O)(=O)c3ccccc3)C(=O)NCCCCOc3cccc(O)c3)cc2Br)S(=O)(=O)N1. The van der Waals surface area contributed by atoms with Crippen LogP contribution in [-0.4, -0.2) is 52.9 Å². The lowest BCUT2D eigenvalue weighted by molar-refractivity contribution is -0.122. The molecule has 1 heterocycles. The third-order valence-electron chi connectivity index (χ3n) is 6.48. The summed E-state index contributed by atoms with van der Waals surface area (Å²) < 4.78 is 61.2. The first-order valence-corrected chi connectivity index (χ1v) is 16.9. The number of nitrogens with one attached hydrogen (secondary N) is 3. The standard InChI is InChI=1S/C28H30BrN3O8S2/c29-24-15-19(11-12-23(24)26-18-27(34)32-42(26,38)39)16-25(31-41(36,37)22-9-2-1-3-10-22)28(35)30-13-4-5-14-40-21-8-6-7-20(33)17-21/h1-3,6-12,15,17,25-26,31,33H,4-5,13-14,16,18H2,(H,30,35)(H,32,34). The highest BCUT2D eigenvalue weighted by Gasteiger charge is 2.39. The average molecular weight is 681 g/mol. The molecule has 14 heteroatoms. The predicted octanol–water partition coefficient (Wildman–Crippen LogP) is 2.91. The maximum Gasteiger partial charge on any atom is 0.242 e. The molecule has 1 saturated heterocycles. The number of carbonyl (C=O) groups excluding carboxylic acids is 2. The van der Waals surface area contributed by atoms with Crippen LogP contribution in [0.25, 0.3) is 0 Å². The average Bonchev–Trinajstić information content (AvgIpc) is 3.21. The zero-order chi connectivity index (χ0) is 30.3. The molecule has 4 rings (SSSR count). The fourth-order valence-electron chi connectivity index (χ4n) is 4.39. The van der Waals surface area contributed by atoms with E-state index in [2.05, 4.69) is 26.0 Å². The van der Waals surface area contributed by atoms with Crippen molar-refractivity contribution in [2.75, 3.05) is 13.2 Å². The van der Waals surface area contributed by atoms with E-state index in [1.807, 2.05) is 4.72 Å². The smallest absolute Gasteiger partial charge is 0.242 e. The molecule has 3 aromatic rings. The van der Waals surface area contributed by atoms with Gasteiger partial charge in [0.25, 0.3) is 0 Å². The molecule has 42 heavy (non-hydrogen) atoms. The van der Waals surface area contributed by atoms with Gasteiger partial charge in [-0.2, -0.15) is 4.72 Å². The minimum atomic E-state index is -4.04. The van der Waals surface area contributed by atoms with Crippen molar-refractivity contribution < 1.29 is 36.3 Å². The summed E-state index contributed by atoms with van der Waals surface area (Å²) in [6, 6.07) is 17.7. The summed E-state index contributed by atoms with van der Waals surface area (Å²) in [5.74, 6) is -0.494. The molecule has 0 saturated carbocycles. The van der Waals surface area contributed by atoms with Gasteiger partial charge in [-0.05, 0) is 60.7 Å². The first-order chi connectivity index (χ1) is 19.9. The van der Waals surface area contributed by atoms with Crippen molar-refractivity contribution in [2.24, 2.45) is 0 Å². The van der Waals surface area contributed by atoms with E-state index in [1.165, 1.54) is 24.3 Å². The van der Waals surface area contributed by atoms with Gasteiger partial charge in [-0.25, -0.2) is 16.8 Å². The molecule has 1 aliphatic rings. The second kappa shape index (κ2) is 13.7. The van der Waals surface area contributed by atoms with E-state index in [0.717, 1.165) is 0 Å². The molecular weight excluding hydrogens is 650 g/mol. The van der Waals surface area contributed by atoms with Gasteiger partial charge in [-0.3, -0.25) is 14.3 Å². The number of benzene rings is 3. The highest BCUT2D eigenvalue weighted by Crippen LogP contribution is 2.35. The van der Waals surface area contributed by atoms with Gasteiger partial charge in [-0.15, -0.1) is 0 Å². The van der Waals surface area contributed by atoms with Gasteiger partial charge in [0.2, 0.25) is 31.9 Å². The number of rotatable bonds is 13. The molecule has 224 valence electrons. The van der Waals surface area contributed by atoms with E-state index >= 15 is 0 Å². The van der Waals surface area contributed by atoms with Crippen LogP contribution in [0.1, 0.15) is 35.6 Å². The van der Waals surface area contributed by atoms with Crippen LogP contribution in [0.3, 0.4) is 0 Å². The molecule has 2 amide bonds. The van der Waals surface area contributed by atoms with Crippen LogP contribution in [0, 0.1) is 0 Å². The second-order valence-electron chi connectivity index (χ2n) is 9.65. The van der Waals surface area contributed by atoms with E-state index < -0.39 is 43.2 Å². The Kier molecular flexibility index (Phi) is 10.2. The molecule has 11 nitrogen and oxygen atoms in total. The Morgan fingerprint density at radius 3 is 2.50 bits per heavy atom. The first-order valence-electron chi connectivity index (χ1n) is 13.0. The highest BCUT2D eigenvalue weighted by molar-refractivity contribution is 9.10. The largest absolute Gasteiger partial charge is 0.508 e. The van der Waals surface area contributed by atoms with Crippen molar-refractivity contribution >= 4 is 47.8 Å². The van der Waals surface area contributed by atoms with E-state index in [4.69, 9.17) is 4.74 Å². The Bertz CT molecular complexity index is 1650. The Labute approximate surface area is 252 Å². The fraction of sp³-hybridized carbons (Fsp3) is 0.286. The number of unbranched alkanes of at least 4 members (excludes halogenated alkanes) is 1. The topological polar surface area (TPSA) is 168 Å². The number of aromatic hydroxyl groups is 1. The molecule has 0 radical (unpaired) electrons. The number of amides is 2. The summed E-state index contributed by atoms with van der Waals surface area (Å²) >= 11 is 3.37. The van der Waals surface area contributed by atoms with Crippen molar-refractivity contribution in [3.8, 4) is 11.5 Å². The summed E-state index contributed by atoms with van der Waals surface area (Å²) in [4.78, 5) is 24.9.